The van der Waals surface area contributed by atoms with Crippen molar-refractivity contribution in [3.8, 4) is 11.4 Å². The number of hydrogen-bond donors (Lipinski definition) is 0. The molecule has 3 aromatic rings. The van der Waals surface area contributed by atoms with Crippen molar-refractivity contribution in [2.75, 3.05) is 6.54 Å². The molecule has 0 unspecified atom stereocenters. The van der Waals surface area contributed by atoms with Gasteiger partial charge in [-0.1, -0.05) is 6.92 Å². The molecule has 2 aromatic heterocycles. The number of nitrogens with zero attached hydrogens (tertiary/aromatic N) is 5. The van der Waals surface area contributed by atoms with Gasteiger partial charge in [-0.25, -0.2) is 28.7 Å². The summed E-state index contributed by atoms with van der Waals surface area (Å²) >= 11 is 0. The molecule has 0 N–H and O–H groups in total. The summed E-state index contributed by atoms with van der Waals surface area (Å²) < 4.78 is 66.6. The van der Waals surface area contributed by atoms with Crippen molar-refractivity contribution in [2.24, 2.45) is 5.92 Å². The van der Waals surface area contributed by atoms with Crippen LogP contribution >= 0.6 is 0 Å². The van der Waals surface area contributed by atoms with Crippen molar-refractivity contribution in [1.29, 1.82) is 0 Å². The second kappa shape index (κ2) is 10.0. The number of aryl methyl sites for hydroxylation is 1. The minimum atomic E-state index is -4.52. The molecule has 2 atom stereocenters. The highest BCUT2D eigenvalue weighted by molar-refractivity contribution is 6.00. The van der Waals surface area contributed by atoms with Crippen molar-refractivity contribution >= 4 is 5.91 Å². The molecule has 184 valence electrons. The van der Waals surface area contributed by atoms with E-state index < -0.39 is 29.3 Å². The van der Waals surface area contributed by atoms with Gasteiger partial charge in [0.1, 0.15) is 5.82 Å². The van der Waals surface area contributed by atoms with Gasteiger partial charge in [0.05, 0.1) is 11.1 Å². The van der Waals surface area contributed by atoms with Crippen LogP contribution in [-0.4, -0.2) is 43.3 Å². The molecule has 1 aliphatic heterocycles. The Hall–Kier alpha value is -3.50. The summed E-state index contributed by atoms with van der Waals surface area (Å²) in [4.78, 5) is 31.0. The number of hydrogen-bond acceptors (Lipinski definition) is 5. The highest BCUT2D eigenvalue weighted by atomic mass is 19.4. The first-order chi connectivity index (χ1) is 16.6. The molecule has 0 radical (unpaired) electrons. The number of halogens is 5. The highest BCUT2D eigenvalue weighted by Crippen LogP contribution is 2.32. The van der Waals surface area contributed by atoms with Crippen LogP contribution in [0.3, 0.4) is 0 Å². The van der Waals surface area contributed by atoms with Crippen LogP contribution in [0.4, 0.5) is 22.0 Å². The van der Waals surface area contributed by atoms with Gasteiger partial charge in [-0.2, -0.15) is 13.2 Å². The molecule has 1 aromatic carbocycles. The normalized spacial score (nSPS) is 18.5. The van der Waals surface area contributed by atoms with E-state index in [1.54, 1.807) is 11.0 Å². The molecule has 0 aliphatic carbocycles. The second-order valence-electron chi connectivity index (χ2n) is 8.49. The number of likely N-dealkylation sites (tertiary alicyclic amines) is 1. The fraction of sp³-hybridized carbons (Fsp3) is 0.375. The Morgan fingerprint density at radius 3 is 2.37 bits per heavy atom. The molecule has 3 heterocycles. The third-order valence-electron chi connectivity index (χ3n) is 6.17. The summed E-state index contributed by atoms with van der Waals surface area (Å²) in [6.45, 7) is 2.37. The van der Waals surface area contributed by atoms with Crippen LogP contribution in [0.5, 0.6) is 0 Å². The highest BCUT2D eigenvalue weighted by Gasteiger charge is 2.35. The molecule has 1 saturated heterocycles. The van der Waals surface area contributed by atoms with E-state index in [9.17, 15) is 26.7 Å². The van der Waals surface area contributed by atoms with E-state index in [4.69, 9.17) is 0 Å². The Morgan fingerprint density at radius 1 is 1.06 bits per heavy atom. The third kappa shape index (κ3) is 5.44. The maximum Gasteiger partial charge on any atom is 0.419 e. The van der Waals surface area contributed by atoms with Crippen molar-refractivity contribution in [3.63, 3.8) is 0 Å². The number of amides is 1. The fourth-order valence-corrected chi connectivity index (χ4v) is 4.35. The van der Waals surface area contributed by atoms with E-state index in [1.807, 2.05) is 6.92 Å². The summed E-state index contributed by atoms with van der Waals surface area (Å²) in [5, 5.41) is 0. The summed E-state index contributed by atoms with van der Waals surface area (Å²) in [5.41, 5.74) is -0.907. The number of rotatable bonds is 5. The van der Waals surface area contributed by atoms with Gasteiger partial charge in [0.25, 0.3) is 5.91 Å². The maximum atomic E-state index is 14.2. The lowest BCUT2D eigenvalue weighted by Crippen LogP contribution is -2.48. The van der Waals surface area contributed by atoms with Crippen molar-refractivity contribution in [1.82, 2.24) is 24.8 Å². The summed E-state index contributed by atoms with van der Waals surface area (Å²) in [6, 6.07) is 3.05. The zero-order valence-corrected chi connectivity index (χ0v) is 18.8. The molecule has 1 amide bonds. The lowest BCUT2D eigenvalue weighted by molar-refractivity contribution is -0.138. The fourth-order valence-electron chi connectivity index (χ4n) is 4.35. The van der Waals surface area contributed by atoms with Crippen LogP contribution in [0.25, 0.3) is 11.4 Å². The Morgan fingerprint density at radius 2 is 1.71 bits per heavy atom. The quantitative estimate of drug-likeness (QED) is 0.464. The zero-order chi connectivity index (χ0) is 25.2. The van der Waals surface area contributed by atoms with Crippen LogP contribution in [0.15, 0.2) is 43.0 Å². The van der Waals surface area contributed by atoms with Gasteiger partial charge in [0.2, 0.25) is 0 Å². The van der Waals surface area contributed by atoms with Crippen LogP contribution in [0, 0.1) is 17.6 Å². The molecule has 1 fully saturated rings. The summed E-state index contributed by atoms with van der Waals surface area (Å²) in [5.74, 6) is -2.37. The standard InChI is InChI=1S/C24H22F5N5O/c1-14-4-2-9-34(20(14)5-6-21-32-12-15(13-33-21)24(27,28)29)23(35)17-11-19(26)18(25)10-16(17)22-30-7-3-8-31-22/h3,7-8,10-14,20H,2,4-6,9H2,1H3/t14-,20-/m1/s1. The van der Waals surface area contributed by atoms with E-state index >= 15 is 0 Å². The van der Waals surface area contributed by atoms with Gasteiger partial charge >= 0.3 is 6.18 Å². The zero-order valence-electron chi connectivity index (χ0n) is 18.8. The number of carbonyl (C=O) groups excluding carboxylic acids is 1. The number of piperidine rings is 1. The van der Waals surface area contributed by atoms with E-state index in [1.165, 1.54) is 12.4 Å². The van der Waals surface area contributed by atoms with Gasteiger partial charge in [-0.3, -0.25) is 4.79 Å². The van der Waals surface area contributed by atoms with Crippen molar-refractivity contribution in [2.45, 2.75) is 44.8 Å². The smallest absolute Gasteiger partial charge is 0.335 e. The van der Waals surface area contributed by atoms with Crippen molar-refractivity contribution in [3.05, 3.63) is 71.6 Å². The number of carbonyl (C=O) groups is 1. The Balaban J connectivity index is 1.60. The minimum absolute atomic E-state index is 0.0556. The van der Waals surface area contributed by atoms with E-state index in [0.29, 0.717) is 13.0 Å². The average Bonchev–Trinajstić information content (AvgIpc) is 2.84. The molecule has 0 bridgehead atoms. The molecule has 35 heavy (non-hydrogen) atoms. The third-order valence-corrected chi connectivity index (χ3v) is 6.17. The lowest BCUT2D eigenvalue weighted by atomic mass is 9.87. The Labute approximate surface area is 198 Å². The van der Waals surface area contributed by atoms with E-state index in [2.05, 4.69) is 19.9 Å². The van der Waals surface area contributed by atoms with Gasteiger partial charge in [-0.05, 0) is 43.4 Å². The lowest BCUT2D eigenvalue weighted by Gasteiger charge is -2.40. The Bertz CT molecular complexity index is 1190. The summed E-state index contributed by atoms with van der Waals surface area (Å²) in [7, 11) is 0. The number of benzene rings is 1. The molecular formula is C24H22F5N5O. The van der Waals surface area contributed by atoms with Gasteiger partial charge < -0.3 is 4.90 Å². The SMILES string of the molecule is C[C@@H]1CCCN(C(=O)c2cc(F)c(F)cc2-c2ncccn2)[C@@H]1CCc1ncc(C(F)(F)F)cn1. The van der Waals surface area contributed by atoms with Crippen molar-refractivity contribution < 1.29 is 26.7 Å². The molecule has 6 nitrogen and oxygen atoms in total. The molecular weight excluding hydrogens is 469 g/mol. The first-order valence-corrected chi connectivity index (χ1v) is 11.1. The van der Waals surface area contributed by atoms with E-state index in [-0.39, 0.29) is 41.2 Å². The van der Waals surface area contributed by atoms with Crippen LogP contribution in [-0.2, 0) is 12.6 Å². The molecule has 0 saturated carbocycles. The minimum Gasteiger partial charge on any atom is -0.335 e. The first-order valence-electron chi connectivity index (χ1n) is 11.1. The van der Waals surface area contributed by atoms with Gasteiger partial charge in [0.15, 0.2) is 17.5 Å². The van der Waals surface area contributed by atoms with Crippen LogP contribution in [0.2, 0.25) is 0 Å². The molecule has 1 aliphatic rings. The average molecular weight is 491 g/mol. The van der Waals surface area contributed by atoms with Gasteiger partial charge in [0, 0.05) is 49.4 Å². The predicted octanol–water partition coefficient (Wildman–Crippen LogP) is 5.10. The number of alkyl halides is 3. The van der Waals surface area contributed by atoms with Gasteiger partial charge in [-0.15, -0.1) is 0 Å². The second-order valence-corrected chi connectivity index (χ2v) is 8.49. The Kier molecular flexibility index (Phi) is 7.04. The topological polar surface area (TPSA) is 71.9 Å². The largest absolute Gasteiger partial charge is 0.419 e. The maximum absolute atomic E-state index is 14.2. The number of aromatic nitrogens is 4. The monoisotopic (exact) mass is 491 g/mol. The predicted molar refractivity (Wildman–Crippen MR) is 116 cm³/mol. The summed E-state index contributed by atoms with van der Waals surface area (Å²) in [6.07, 6.45) is 2.05. The van der Waals surface area contributed by atoms with Crippen LogP contribution < -0.4 is 0 Å². The molecule has 0 spiro atoms. The first kappa shape index (κ1) is 24.6. The molecule has 11 heteroatoms. The van der Waals surface area contributed by atoms with E-state index in [0.717, 1.165) is 37.4 Å². The molecule has 4 rings (SSSR count). The van der Waals surface area contributed by atoms with Crippen LogP contribution in [0.1, 0.15) is 47.9 Å².